The molecule has 2 rings (SSSR count). The van der Waals surface area contributed by atoms with E-state index >= 15 is 0 Å². The molecule has 0 aromatic carbocycles. The molecule has 2 heterocycles. The maximum absolute atomic E-state index is 4.33. The van der Waals surface area contributed by atoms with Crippen LogP contribution in [0.4, 0.5) is 0 Å². The Morgan fingerprint density at radius 3 is 2.83 bits per heavy atom. The van der Waals surface area contributed by atoms with Gasteiger partial charge in [-0.3, -0.25) is 4.68 Å². The fraction of sp³-hybridized carbons (Fsp3) is 0.500. The van der Waals surface area contributed by atoms with E-state index in [1.165, 1.54) is 20.9 Å². The Balaban J connectivity index is 1.80. The maximum atomic E-state index is 4.33. The molecule has 0 atom stereocenters. The van der Waals surface area contributed by atoms with Crippen LogP contribution in [0.2, 0.25) is 0 Å². The lowest BCUT2D eigenvalue weighted by molar-refractivity contribution is 0.601. The second kappa shape index (κ2) is 6.16. The van der Waals surface area contributed by atoms with E-state index in [0.717, 1.165) is 26.1 Å². The lowest BCUT2D eigenvalue weighted by atomic mass is 10.3. The average Bonchev–Trinajstić information content (AvgIpc) is 2.88. The van der Waals surface area contributed by atoms with Gasteiger partial charge in [0, 0.05) is 41.1 Å². The number of hydrogen-bond donors (Lipinski definition) is 1. The van der Waals surface area contributed by atoms with Crippen molar-refractivity contribution in [3.63, 3.8) is 0 Å². The molecule has 0 aliphatic heterocycles. The molecule has 4 heteroatoms. The summed E-state index contributed by atoms with van der Waals surface area (Å²) >= 11 is 1.88. The van der Waals surface area contributed by atoms with Crippen LogP contribution < -0.4 is 5.32 Å². The number of nitrogens with one attached hydrogen (secondary N) is 1. The zero-order valence-electron chi connectivity index (χ0n) is 11.4. The van der Waals surface area contributed by atoms with Crippen molar-refractivity contribution in [1.82, 2.24) is 15.1 Å². The largest absolute Gasteiger partial charge is 0.308 e. The normalized spacial score (nSPS) is 11.1. The van der Waals surface area contributed by atoms with E-state index in [-0.39, 0.29) is 0 Å². The first-order valence-electron chi connectivity index (χ1n) is 6.47. The highest BCUT2D eigenvalue weighted by molar-refractivity contribution is 7.12. The summed E-state index contributed by atoms with van der Waals surface area (Å²) in [4.78, 5) is 2.83. The van der Waals surface area contributed by atoms with Crippen LogP contribution in [0.15, 0.2) is 18.5 Å². The van der Waals surface area contributed by atoms with E-state index in [1.54, 1.807) is 0 Å². The first-order valence-corrected chi connectivity index (χ1v) is 7.28. The fourth-order valence-electron chi connectivity index (χ4n) is 1.92. The van der Waals surface area contributed by atoms with Crippen molar-refractivity contribution in [2.24, 2.45) is 0 Å². The zero-order chi connectivity index (χ0) is 13.0. The monoisotopic (exact) mass is 263 g/mol. The van der Waals surface area contributed by atoms with Gasteiger partial charge < -0.3 is 5.32 Å². The Bertz CT molecular complexity index is 479. The number of aromatic nitrogens is 2. The van der Waals surface area contributed by atoms with Gasteiger partial charge in [0.2, 0.25) is 0 Å². The second-order valence-electron chi connectivity index (χ2n) is 4.67. The predicted octanol–water partition coefficient (Wildman–Crippen LogP) is 3.26. The molecule has 0 aliphatic carbocycles. The first kappa shape index (κ1) is 13.3. The van der Waals surface area contributed by atoms with Gasteiger partial charge in [0.25, 0.3) is 0 Å². The Hall–Kier alpha value is -1.13. The van der Waals surface area contributed by atoms with Crippen molar-refractivity contribution in [3.05, 3.63) is 39.3 Å². The average molecular weight is 263 g/mol. The molecule has 0 spiro atoms. The second-order valence-corrected chi connectivity index (χ2v) is 6.01. The lowest BCUT2D eigenvalue weighted by Gasteiger charge is -2.00. The van der Waals surface area contributed by atoms with Gasteiger partial charge >= 0.3 is 0 Å². The van der Waals surface area contributed by atoms with E-state index in [4.69, 9.17) is 0 Å². The molecule has 18 heavy (non-hydrogen) atoms. The number of hydrogen-bond acceptors (Lipinski definition) is 3. The minimum Gasteiger partial charge on any atom is -0.308 e. The van der Waals surface area contributed by atoms with Gasteiger partial charge in [-0.2, -0.15) is 5.10 Å². The molecule has 0 radical (unpaired) electrons. The third-order valence-corrected chi connectivity index (χ3v) is 4.14. The quantitative estimate of drug-likeness (QED) is 0.867. The highest BCUT2D eigenvalue weighted by atomic mass is 32.1. The fourth-order valence-corrected chi connectivity index (χ4v) is 2.94. The van der Waals surface area contributed by atoms with Crippen LogP contribution in [0, 0.1) is 13.8 Å². The van der Waals surface area contributed by atoms with Crippen molar-refractivity contribution >= 4 is 11.3 Å². The van der Waals surface area contributed by atoms with E-state index in [9.17, 15) is 0 Å². The van der Waals surface area contributed by atoms with Crippen LogP contribution in [0.3, 0.4) is 0 Å². The van der Waals surface area contributed by atoms with Crippen LogP contribution in [0.5, 0.6) is 0 Å². The standard InChI is InChI=1S/C14H21N3S/c1-4-5-17-10-13(8-16-17)7-15-9-14-6-11(2)12(3)18-14/h6,8,10,15H,4-5,7,9H2,1-3H3. The number of rotatable bonds is 6. The molecule has 0 aliphatic rings. The molecular formula is C14H21N3S. The Kier molecular flexibility index (Phi) is 4.55. The van der Waals surface area contributed by atoms with Crippen molar-refractivity contribution in [2.45, 2.75) is 46.8 Å². The molecule has 0 amide bonds. The van der Waals surface area contributed by atoms with Gasteiger partial charge in [-0.25, -0.2) is 0 Å². The highest BCUT2D eigenvalue weighted by Crippen LogP contribution is 2.20. The molecule has 2 aromatic rings. The van der Waals surface area contributed by atoms with Crippen molar-refractivity contribution in [3.8, 4) is 0 Å². The van der Waals surface area contributed by atoms with Gasteiger partial charge in [0.05, 0.1) is 6.20 Å². The molecular weight excluding hydrogens is 242 g/mol. The van der Waals surface area contributed by atoms with Crippen LogP contribution in [-0.4, -0.2) is 9.78 Å². The SMILES string of the molecule is CCCn1cc(CNCc2cc(C)c(C)s2)cn1. The molecule has 3 nitrogen and oxygen atoms in total. The van der Waals surface area contributed by atoms with E-state index in [2.05, 4.69) is 43.4 Å². The zero-order valence-corrected chi connectivity index (χ0v) is 12.2. The van der Waals surface area contributed by atoms with E-state index in [0.29, 0.717) is 0 Å². The lowest BCUT2D eigenvalue weighted by Crippen LogP contribution is -2.11. The minimum absolute atomic E-state index is 0.889. The molecule has 0 saturated heterocycles. The number of nitrogens with zero attached hydrogens (tertiary/aromatic N) is 2. The van der Waals surface area contributed by atoms with Gasteiger partial charge in [-0.1, -0.05) is 6.92 Å². The van der Waals surface area contributed by atoms with Gasteiger partial charge in [0.1, 0.15) is 0 Å². The van der Waals surface area contributed by atoms with Crippen molar-refractivity contribution in [2.75, 3.05) is 0 Å². The van der Waals surface area contributed by atoms with Gasteiger partial charge in [-0.05, 0) is 31.9 Å². The molecule has 98 valence electrons. The van der Waals surface area contributed by atoms with Crippen LogP contribution in [0.25, 0.3) is 0 Å². The summed E-state index contributed by atoms with van der Waals surface area (Å²) in [5.74, 6) is 0. The molecule has 0 bridgehead atoms. The van der Waals surface area contributed by atoms with E-state index < -0.39 is 0 Å². The third-order valence-electron chi connectivity index (χ3n) is 2.98. The maximum Gasteiger partial charge on any atom is 0.0534 e. The number of aryl methyl sites for hydroxylation is 3. The molecule has 2 aromatic heterocycles. The first-order chi connectivity index (χ1) is 8.69. The topological polar surface area (TPSA) is 29.9 Å². The summed E-state index contributed by atoms with van der Waals surface area (Å²) in [6.07, 6.45) is 5.21. The Labute approximate surface area is 113 Å². The molecule has 0 saturated carbocycles. The van der Waals surface area contributed by atoms with E-state index in [1.807, 2.05) is 22.2 Å². The highest BCUT2D eigenvalue weighted by Gasteiger charge is 2.02. The van der Waals surface area contributed by atoms with Crippen LogP contribution >= 0.6 is 11.3 Å². The number of thiophene rings is 1. The summed E-state index contributed by atoms with van der Waals surface area (Å²) in [7, 11) is 0. The van der Waals surface area contributed by atoms with Crippen LogP contribution in [0.1, 0.15) is 34.2 Å². The van der Waals surface area contributed by atoms with Crippen LogP contribution in [-0.2, 0) is 19.6 Å². The Morgan fingerprint density at radius 1 is 1.33 bits per heavy atom. The van der Waals surface area contributed by atoms with Gasteiger partial charge in [-0.15, -0.1) is 11.3 Å². The van der Waals surface area contributed by atoms with Gasteiger partial charge in [0.15, 0.2) is 0 Å². The summed E-state index contributed by atoms with van der Waals surface area (Å²) < 4.78 is 2.01. The smallest absolute Gasteiger partial charge is 0.0534 e. The van der Waals surface area contributed by atoms with Crippen molar-refractivity contribution < 1.29 is 0 Å². The summed E-state index contributed by atoms with van der Waals surface area (Å²) in [6.45, 7) is 9.35. The molecule has 0 unspecified atom stereocenters. The molecule has 1 N–H and O–H groups in total. The third kappa shape index (κ3) is 3.43. The van der Waals surface area contributed by atoms with Crippen molar-refractivity contribution in [1.29, 1.82) is 0 Å². The minimum atomic E-state index is 0.889. The summed E-state index contributed by atoms with van der Waals surface area (Å²) in [5.41, 5.74) is 2.65. The molecule has 0 fully saturated rings. The predicted molar refractivity (Wildman–Crippen MR) is 76.9 cm³/mol. The summed E-state index contributed by atoms with van der Waals surface area (Å²) in [6, 6.07) is 2.27. The Morgan fingerprint density at radius 2 is 2.17 bits per heavy atom. The summed E-state index contributed by atoms with van der Waals surface area (Å²) in [5, 5.41) is 7.80.